The summed E-state index contributed by atoms with van der Waals surface area (Å²) in [5, 5.41) is 0. The molecule has 86 valence electrons. The van der Waals surface area contributed by atoms with Gasteiger partial charge in [-0.25, -0.2) is 0 Å². The van der Waals surface area contributed by atoms with Crippen molar-refractivity contribution in [1.29, 1.82) is 0 Å². The Labute approximate surface area is 107 Å². The minimum Gasteiger partial charge on any atom is -0.0795 e. The van der Waals surface area contributed by atoms with Crippen LogP contribution < -0.4 is 0 Å². The van der Waals surface area contributed by atoms with Crippen LogP contribution in [-0.4, -0.2) is 0 Å². The zero-order valence-electron chi connectivity index (χ0n) is 10.2. The van der Waals surface area contributed by atoms with E-state index in [2.05, 4.69) is 60.7 Å². The van der Waals surface area contributed by atoms with Gasteiger partial charge in [0.25, 0.3) is 0 Å². The van der Waals surface area contributed by atoms with Gasteiger partial charge in [0, 0.05) is 10.8 Å². The van der Waals surface area contributed by atoms with Crippen LogP contribution in [0.3, 0.4) is 0 Å². The minimum atomic E-state index is 0.281. The van der Waals surface area contributed by atoms with Crippen LogP contribution in [0.5, 0.6) is 0 Å². The number of hydrogen-bond acceptors (Lipinski definition) is 0. The van der Waals surface area contributed by atoms with Crippen molar-refractivity contribution in [3.63, 3.8) is 0 Å². The second-order valence-electron chi connectivity index (χ2n) is 5.94. The SMILES string of the molecule is C1=C[C@]23C=Cc4c(ccc5c4CC=C5)[C@@]2(C=C1)C3. The van der Waals surface area contributed by atoms with Gasteiger partial charge in [-0.05, 0) is 35.1 Å². The molecule has 1 saturated carbocycles. The molecule has 0 aromatic heterocycles. The lowest BCUT2D eigenvalue weighted by Gasteiger charge is -2.28. The smallest absolute Gasteiger partial charge is 0.0279 e. The van der Waals surface area contributed by atoms with Crippen LogP contribution in [0.4, 0.5) is 0 Å². The number of hydrogen-bond donors (Lipinski definition) is 0. The van der Waals surface area contributed by atoms with Gasteiger partial charge in [-0.2, -0.15) is 0 Å². The Morgan fingerprint density at radius 1 is 0.944 bits per heavy atom. The Hall–Kier alpha value is -1.82. The quantitative estimate of drug-likeness (QED) is 0.631. The molecule has 0 unspecified atom stereocenters. The molecule has 0 bridgehead atoms. The van der Waals surface area contributed by atoms with Crippen LogP contribution in [0.2, 0.25) is 0 Å². The molecule has 0 amide bonds. The maximum absolute atomic E-state index is 2.44. The van der Waals surface area contributed by atoms with E-state index in [9.17, 15) is 0 Å². The molecular formula is C18H14. The van der Waals surface area contributed by atoms with Crippen molar-refractivity contribution in [1.82, 2.24) is 0 Å². The maximum atomic E-state index is 2.44. The fraction of sp³-hybridized carbons (Fsp3) is 0.222. The van der Waals surface area contributed by atoms with E-state index in [4.69, 9.17) is 0 Å². The van der Waals surface area contributed by atoms with Gasteiger partial charge in [-0.15, -0.1) is 0 Å². The van der Waals surface area contributed by atoms with Crippen LogP contribution in [0.1, 0.15) is 28.7 Å². The topological polar surface area (TPSA) is 0 Å². The van der Waals surface area contributed by atoms with Gasteiger partial charge < -0.3 is 0 Å². The summed E-state index contributed by atoms with van der Waals surface area (Å²) in [7, 11) is 0. The van der Waals surface area contributed by atoms with Crippen LogP contribution in [-0.2, 0) is 11.8 Å². The second-order valence-corrected chi connectivity index (χ2v) is 5.94. The molecule has 0 spiro atoms. The van der Waals surface area contributed by atoms with Crippen LogP contribution in [0.15, 0.2) is 48.6 Å². The van der Waals surface area contributed by atoms with Gasteiger partial charge in [0.1, 0.15) is 0 Å². The van der Waals surface area contributed by atoms with E-state index in [1.807, 2.05) is 0 Å². The second kappa shape index (κ2) is 2.61. The molecule has 18 heavy (non-hydrogen) atoms. The highest BCUT2D eigenvalue weighted by Gasteiger charge is 2.66. The Bertz CT molecular complexity index is 699. The molecule has 1 fully saturated rings. The number of fused-ring (bicyclic) bond motifs is 3. The molecule has 0 saturated heterocycles. The van der Waals surface area contributed by atoms with E-state index in [-0.39, 0.29) is 5.41 Å². The zero-order valence-corrected chi connectivity index (χ0v) is 10.2. The summed E-state index contributed by atoms with van der Waals surface area (Å²) in [6, 6.07) is 4.67. The molecule has 1 aromatic rings. The Morgan fingerprint density at radius 3 is 2.89 bits per heavy atom. The average molecular weight is 230 g/mol. The van der Waals surface area contributed by atoms with Crippen molar-refractivity contribution in [2.75, 3.05) is 0 Å². The molecule has 4 aliphatic rings. The average Bonchev–Trinajstić information content (AvgIpc) is 2.89. The summed E-state index contributed by atoms with van der Waals surface area (Å²) in [6.07, 6.45) is 20.9. The molecule has 0 heterocycles. The summed E-state index contributed by atoms with van der Waals surface area (Å²) in [5.74, 6) is 0. The Morgan fingerprint density at radius 2 is 1.89 bits per heavy atom. The van der Waals surface area contributed by atoms with E-state index >= 15 is 0 Å². The molecule has 0 aliphatic heterocycles. The fourth-order valence-corrected chi connectivity index (χ4v) is 4.17. The summed E-state index contributed by atoms with van der Waals surface area (Å²) in [5.41, 5.74) is 6.57. The number of benzene rings is 1. The molecule has 1 aromatic carbocycles. The molecule has 0 nitrogen and oxygen atoms in total. The largest absolute Gasteiger partial charge is 0.0795 e. The van der Waals surface area contributed by atoms with E-state index in [1.165, 1.54) is 23.1 Å². The maximum Gasteiger partial charge on any atom is 0.0279 e. The number of allylic oxidation sites excluding steroid dienone is 6. The normalized spacial score (nSPS) is 36.0. The third kappa shape index (κ3) is 0.809. The highest BCUT2D eigenvalue weighted by molar-refractivity contribution is 5.77. The number of rotatable bonds is 0. The van der Waals surface area contributed by atoms with E-state index in [1.54, 1.807) is 5.56 Å². The lowest BCUT2D eigenvalue weighted by Crippen LogP contribution is -2.20. The van der Waals surface area contributed by atoms with Crippen molar-refractivity contribution in [3.05, 3.63) is 70.8 Å². The van der Waals surface area contributed by atoms with Gasteiger partial charge >= 0.3 is 0 Å². The molecule has 0 radical (unpaired) electrons. The van der Waals surface area contributed by atoms with E-state index in [0.29, 0.717) is 5.41 Å². The first kappa shape index (κ1) is 9.16. The van der Waals surface area contributed by atoms with Gasteiger partial charge in [-0.3, -0.25) is 0 Å². The molecule has 5 rings (SSSR count). The van der Waals surface area contributed by atoms with Crippen LogP contribution in [0, 0.1) is 5.41 Å². The van der Waals surface area contributed by atoms with Crippen molar-refractivity contribution < 1.29 is 0 Å². The van der Waals surface area contributed by atoms with Crippen LogP contribution >= 0.6 is 0 Å². The first-order chi connectivity index (χ1) is 8.85. The Balaban J connectivity index is 1.83. The third-order valence-electron chi connectivity index (χ3n) is 5.20. The van der Waals surface area contributed by atoms with Crippen molar-refractivity contribution >= 4 is 12.2 Å². The molecule has 4 aliphatic carbocycles. The molecule has 2 atom stereocenters. The lowest BCUT2D eigenvalue weighted by molar-refractivity contribution is 0.688. The van der Waals surface area contributed by atoms with Crippen molar-refractivity contribution in [3.8, 4) is 0 Å². The van der Waals surface area contributed by atoms with E-state index in [0.717, 1.165) is 6.42 Å². The lowest BCUT2D eigenvalue weighted by atomic mass is 9.75. The first-order valence-electron chi connectivity index (χ1n) is 6.74. The predicted molar refractivity (Wildman–Crippen MR) is 75.2 cm³/mol. The fourth-order valence-electron chi connectivity index (χ4n) is 4.17. The summed E-state index contributed by atoms with van der Waals surface area (Å²) in [6.45, 7) is 0. The first-order valence-corrected chi connectivity index (χ1v) is 6.74. The summed E-state index contributed by atoms with van der Waals surface area (Å²) < 4.78 is 0. The van der Waals surface area contributed by atoms with Gasteiger partial charge in [0.2, 0.25) is 0 Å². The Kier molecular flexibility index (Phi) is 1.33. The standard InChI is InChI=1S/C18H14/c1-2-10-18-12-17(18,9-1)11-8-15-14-5-3-4-13(14)6-7-16(15)18/h1-4,6-11H,5,12H2/t17-,18-/m1/s1. The van der Waals surface area contributed by atoms with E-state index < -0.39 is 0 Å². The van der Waals surface area contributed by atoms with Gasteiger partial charge in [-0.1, -0.05) is 60.7 Å². The third-order valence-corrected chi connectivity index (χ3v) is 5.20. The van der Waals surface area contributed by atoms with Gasteiger partial charge in [0.05, 0.1) is 0 Å². The minimum absolute atomic E-state index is 0.281. The van der Waals surface area contributed by atoms with Crippen molar-refractivity contribution in [2.45, 2.75) is 18.3 Å². The summed E-state index contributed by atoms with van der Waals surface area (Å²) in [4.78, 5) is 0. The van der Waals surface area contributed by atoms with Crippen molar-refractivity contribution in [2.24, 2.45) is 5.41 Å². The molecule has 0 N–H and O–H groups in total. The highest BCUT2D eigenvalue weighted by atomic mass is 14.7. The monoisotopic (exact) mass is 230 g/mol. The summed E-state index contributed by atoms with van der Waals surface area (Å²) >= 11 is 0. The molecule has 0 heteroatoms. The predicted octanol–water partition coefficient (Wildman–Crippen LogP) is 4.04. The highest BCUT2D eigenvalue weighted by Crippen LogP contribution is 2.71. The zero-order chi connectivity index (χ0) is 11.8. The van der Waals surface area contributed by atoms with Crippen LogP contribution in [0.25, 0.3) is 12.2 Å². The van der Waals surface area contributed by atoms with Gasteiger partial charge in [0.15, 0.2) is 0 Å². The molecular weight excluding hydrogens is 216 g/mol.